The highest BCUT2D eigenvalue weighted by Gasteiger charge is 2.54. The first-order valence-corrected chi connectivity index (χ1v) is 13.4. The van der Waals surface area contributed by atoms with Crippen molar-refractivity contribution >= 4 is 12.1 Å². The maximum atomic E-state index is 13.9. The van der Waals surface area contributed by atoms with Gasteiger partial charge in [-0.2, -0.15) is 0 Å². The van der Waals surface area contributed by atoms with Crippen molar-refractivity contribution in [1.82, 2.24) is 4.90 Å². The zero-order chi connectivity index (χ0) is 25.9. The fraction of sp³-hybridized carbons (Fsp3) is 0.548. The van der Waals surface area contributed by atoms with Gasteiger partial charge in [-0.3, -0.25) is 4.90 Å². The zero-order valence-corrected chi connectivity index (χ0v) is 22.4. The first-order chi connectivity index (χ1) is 17.1. The van der Waals surface area contributed by atoms with Crippen LogP contribution < -0.4 is 0 Å². The molecule has 5 nitrogen and oxygen atoms in total. The summed E-state index contributed by atoms with van der Waals surface area (Å²) in [7, 11) is 0. The number of nitrogens with zero attached hydrogens (tertiary/aromatic N) is 1. The third kappa shape index (κ3) is 5.61. The second-order valence-corrected chi connectivity index (χ2v) is 11.9. The highest BCUT2D eigenvalue weighted by atomic mass is 16.6. The molecule has 1 amide bonds. The standard InChI is InChI=1S/C31H41NO4/c1-22(2)19-31(21-32(29(34)36-31)20-24-12-8-6-9-13-24)28(33)35-27-18-23(3)16-17-26(27)30(4,5)25-14-10-7-11-15-25/h6-15,22-23,26-27H,16-21H2,1-5H3/t23-,26-,27+,31?/m1/s1. The number of rotatable bonds is 8. The fourth-order valence-corrected chi connectivity index (χ4v) is 6.13. The molecule has 0 radical (unpaired) electrons. The van der Waals surface area contributed by atoms with Crippen molar-refractivity contribution in [3.8, 4) is 0 Å². The first-order valence-electron chi connectivity index (χ1n) is 13.4. The molecule has 0 N–H and O–H groups in total. The van der Waals surface area contributed by atoms with E-state index in [0.717, 1.165) is 24.8 Å². The van der Waals surface area contributed by atoms with Gasteiger partial charge in [0.2, 0.25) is 5.60 Å². The minimum Gasteiger partial charge on any atom is -0.459 e. The fourth-order valence-electron chi connectivity index (χ4n) is 6.13. The van der Waals surface area contributed by atoms with Crippen LogP contribution in [0.4, 0.5) is 4.79 Å². The number of benzene rings is 2. The number of amides is 1. The number of hydrogen-bond donors (Lipinski definition) is 0. The van der Waals surface area contributed by atoms with Crippen LogP contribution in [-0.2, 0) is 26.2 Å². The van der Waals surface area contributed by atoms with Crippen LogP contribution in [0.5, 0.6) is 0 Å². The summed E-state index contributed by atoms with van der Waals surface area (Å²) in [5.41, 5.74) is 0.837. The second-order valence-electron chi connectivity index (χ2n) is 11.9. The molecule has 1 saturated heterocycles. The molecule has 1 heterocycles. The highest BCUT2D eigenvalue weighted by molar-refractivity contribution is 5.86. The lowest BCUT2D eigenvalue weighted by atomic mass is 9.64. The Bertz CT molecular complexity index is 1040. The largest absolute Gasteiger partial charge is 0.459 e. The van der Waals surface area contributed by atoms with Crippen molar-refractivity contribution in [1.29, 1.82) is 0 Å². The molecule has 2 aromatic rings. The molecule has 2 aliphatic rings. The van der Waals surface area contributed by atoms with E-state index in [4.69, 9.17) is 9.47 Å². The van der Waals surface area contributed by atoms with Crippen molar-refractivity contribution in [2.24, 2.45) is 17.8 Å². The van der Waals surface area contributed by atoms with Gasteiger partial charge in [0, 0.05) is 18.9 Å². The van der Waals surface area contributed by atoms with Gasteiger partial charge in [-0.05, 0) is 41.2 Å². The van der Waals surface area contributed by atoms with E-state index in [1.807, 2.05) is 50.2 Å². The van der Waals surface area contributed by atoms with Crippen LogP contribution in [0.15, 0.2) is 60.7 Å². The summed E-state index contributed by atoms with van der Waals surface area (Å²) in [5.74, 6) is 0.443. The van der Waals surface area contributed by atoms with Crippen molar-refractivity contribution < 1.29 is 19.1 Å². The average Bonchev–Trinajstić information content (AvgIpc) is 3.15. The van der Waals surface area contributed by atoms with Crippen LogP contribution in [0.3, 0.4) is 0 Å². The summed E-state index contributed by atoms with van der Waals surface area (Å²) >= 11 is 0. The number of hydrogen-bond acceptors (Lipinski definition) is 4. The van der Waals surface area contributed by atoms with E-state index in [1.165, 1.54) is 5.56 Å². The van der Waals surface area contributed by atoms with Gasteiger partial charge in [0.25, 0.3) is 0 Å². The lowest BCUT2D eigenvalue weighted by Gasteiger charge is -2.44. The molecule has 2 aromatic carbocycles. The quantitative estimate of drug-likeness (QED) is 0.383. The molecule has 0 spiro atoms. The molecular formula is C31H41NO4. The Hall–Kier alpha value is -2.82. The number of cyclic esters (lactones) is 1. The molecule has 4 rings (SSSR count). The lowest BCUT2D eigenvalue weighted by molar-refractivity contribution is -0.176. The Balaban J connectivity index is 1.56. The summed E-state index contributed by atoms with van der Waals surface area (Å²) in [5, 5.41) is 0. The molecule has 1 aliphatic carbocycles. The van der Waals surface area contributed by atoms with Crippen molar-refractivity contribution in [2.45, 2.75) is 84.0 Å². The van der Waals surface area contributed by atoms with Gasteiger partial charge in [-0.15, -0.1) is 0 Å². The molecule has 5 heteroatoms. The van der Waals surface area contributed by atoms with E-state index in [9.17, 15) is 9.59 Å². The van der Waals surface area contributed by atoms with E-state index in [2.05, 4.69) is 45.0 Å². The predicted molar refractivity (Wildman–Crippen MR) is 141 cm³/mol. The summed E-state index contributed by atoms with van der Waals surface area (Å²) in [6, 6.07) is 20.3. The van der Waals surface area contributed by atoms with E-state index in [-0.39, 0.29) is 29.9 Å². The molecule has 1 saturated carbocycles. The van der Waals surface area contributed by atoms with Gasteiger partial charge in [0.1, 0.15) is 6.10 Å². The molecule has 4 atom stereocenters. The summed E-state index contributed by atoms with van der Waals surface area (Å²) < 4.78 is 12.3. The Labute approximate surface area is 216 Å². The molecule has 0 aromatic heterocycles. The van der Waals surface area contributed by atoms with E-state index < -0.39 is 17.7 Å². The van der Waals surface area contributed by atoms with Gasteiger partial charge >= 0.3 is 12.1 Å². The number of esters is 1. The van der Waals surface area contributed by atoms with Crippen LogP contribution in [0.2, 0.25) is 0 Å². The van der Waals surface area contributed by atoms with Crippen LogP contribution in [0.1, 0.15) is 71.4 Å². The maximum Gasteiger partial charge on any atom is 0.411 e. The van der Waals surface area contributed by atoms with Crippen LogP contribution in [-0.4, -0.2) is 35.2 Å². The SMILES string of the molecule is CC(C)CC1(C(=O)O[C@H]2C[C@H](C)CC[C@H]2C(C)(C)c2ccccc2)CN(Cc2ccccc2)C(=O)O1. The van der Waals surface area contributed by atoms with Crippen molar-refractivity contribution in [3.63, 3.8) is 0 Å². The Morgan fingerprint density at radius 1 is 1.08 bits per heavy atom. The van der Waals surface area contributed by atoms with Crippen LogP contribution in [0, 0.1) is 17.8 Å². The van der Waals surface area contributed by atoms with Gasteiger partial charge in [0.05, 0.1) is 6.54 Å². The minimum atomic E-state index is -1.28. The van der Waals surface area contributed by atoms with Crippen molar-refractivity contribution in [2.75, 3.05) is 6.54 Å². The van der Waals surface area contributed by atoms with Crippen molar-refractivity contribution in [3.05, 3.63) is 71.8 Å². The predicted octanol–water partition coefficient (Wildman–Crippen LogP) is 6.75. The number of ether oxygens (including phenoxy) is 2. The molecule has 194 valence electrons. The van der Waals surface area contributed by atoms with Gasteiger partial charge in [-0.25, -0.2) is 9.59 Å². The smallest absolute Gasteiger partial charge is 0.411 e. The van der Waals surface area contributed by atoms with Gasteiger partial charge in [0.15, 0.2) is 0 Å². The number of carbonyl (C=O) groups excluding carboxylic acids is 2. The monoisotopic (exact) mass is 491 g/mol. The van der Waals surface area contributed by atoms with Crippen LogP contribution in [0.25, 0.3) is 0 Å². The highest BCUT2D eigenvalue weighted by Crippen LogP contribution is 2.44. The summed E-state index contributed by atoms with van der Waals surface area (Å²) in [6.45, 7) is 11.5. The van der Waals surface area contributed by atoms with E-state index in [0.29, 0.717) is 18.9 Å². The number of carbonyl (C=O) groups is 2. The van der Waals surface area contributed by atoms with Gasteiger partial charge in [-0.1, -0.05) is 102 Å². The summed E-state index contributed by atoms with van der Waals surface area (Å²) in [6.07, 6.45) is 2.71. The maximum absolute atomic E-state index is 13.9. The topological polar surface area (TPSA) is 55.8 Å². The molecule has 1 unspecified atom stereocenters. The second kappa shape index (κ2) is 10.7. The Kier molecular flexibility index (Phi) is 7.77. The zero-order valence-electron chi connectivity index (χ0n) is 22.4. The van der Waals surface area contributed by atoms with E-state index >= 15 is 0 Å². The normalized spacial score (nSPS) is 26.7. The minimum absolute atomic E-state index is 0.150. The molecular weight excluding hydrogens is 450 g/mol. The molecule has 36 heavy (non-hydrogen) atoms. The lowest BCUT2D eigenvalue weighted by Crippen LogP contribution is -2.50. The van der Waals surface area contributed by atoms with E-state index in [1.54, 1.807) is 4.90 Å². The molecule has 2 fully saturated rings. The molecule has 0 bridgehead atoms. The molecule has 1 aliphatic heterocycles. The van der Waals surface area contributed by atoms with Crippen LogP contribution >= 0.6 is 0 Å². The van der Waals surface area contributed by atoms with Gasteiger partial charge < -0.3 is 9.47 Å². The average molecular weight is 492 g/mol. The third-order valence-corrected chi connectivity index (χ3v) is 8.07. The third-order valence-electron chi connectivity index (χ3n) is 8.07. The first kappa shape index (κ1) is 26.2. The Morgan fingerprint density at radius 2 is 1.72 bits per heavy atom. The summed E-state index contributed by atoms with van der Waals surface area (Å²) in [4.78, 5) is 28.5. The Morgan fingerprint density at radius 3 is 2.36 bits per heavy atom.